The Balaban J connectivity index is 2.71. The smallest absolute Gasteiger partial charge is 0.110 e. The van der Waals surface area contributed by atoms with Gasteiger partial charge in [-0.2, -0.15) is 0 Å². The van der Waals surface area contributed by atoms with Gasteiger partial charge >= 0.3 is 0 Å². The lowest BCUT2D eigenvalue weighted by atomic mass is 9.93. The normalized spacial score (nSPS) is 22.5. The summed E-state index contributed by atoms with van der Waals surface area (Å²) in [6.07, 6.45) is 9.79. The Morgan fingerprint density at radius 2 is 2.23 bits per heavy atom. The molecule has 0 saturated heterocycles. The van der Waals surface area contributed by atoms with Crippen LogP contribution in [0.3, 0.4) is 0 Å². The fourth-order valence-electron chi connectivity index (χ4n) is 2.13. The molecular weight excluding hydrogens is 164 g/mol. The van der Waals surface area contributed by atoms with E-state index in [-0.39, 0.29) is 11.6 Å². The van der Waals surface area contributed by atoms with Crippen molar-refractivity contribution in [3.05, 3.63) is 0 Å². The molecule has 1 atom stereocenters. The van der Waals surface area contributed by atoms with Gasteiger partial charge in [0.1, 0.15) is 6.04 Å². The Morgan fingerprint density at radius 3 is 2.62 bits per heavy atom. The van der Waals surface area contributed by atoms with E-state index >= 15 is 0 Å². The van der Waals surface area contributed by atoms with Gasteiger partial charge in [-0.25, -0.2) is 5.43 Å². The van der Waals surface area contributed by atoms with Gasteiger partial charge in [-0.05, 0) is 19.8 Å². The molecule has 0 bridgehead atoms. The molecule has 0 aromatic rings. The third-order valence-electron chi connectivity index (χ3n) is 2.74. The molecule has 1 fully saturated rings. The summed E-state index contributed by atoms with van der Waals surface area (Å²) in [5.41, 5.74) is 2.45. The Kier molecular flexibility index (Phi) is 3.73. The van der Waals surface area contributed by atoms with E-state index in [1.54, 1.807) is 0 Å². The Labute approximate surface area is 80.0 Å². The molecule has 0 radical (unpaired) electrons. The van der Waals surface area contributed by atoms with Crippen molar-refractivity contribution in [3.8, 4) is 12.3 Å². The fourth-order valence-corrected chi connectivity index (χ4v) is 2.13. The lowest BCUT2D eigenvalue weighted by Crippen LogP contribution is -2.52. The van der Waals surface area contributed by atoms with Gasteiger partial charge in [0.2, 0.25) is 0 Å². The van der Waals surface area contributed by atoms with Crippen LogP contribution in [0.25, 0.3) is 0 Å². The van der Waals surface area contributed by atoms with Crippen LogP contribution in [0, 0.1) is 12.3 Å². The van der Waals surface area contributed by atoms with Crippen LogP contribution < -0.4 is 11.3 Å². The highest BCUT2D eigenvalue weighted by Gasteiger charge is 2.40. The van der Waals surface area contributed by atoms with Gasteiger partial charge < -0.3 is 4.74 Å². The summed E-state index contributed by atoms with van der Waals surface area (Å²) in [6, 6.07) is -0.157. The van der Waals surface area contributed by atoms with Gasteiger partial charge in [0.15, 0.2) is 0 Å². The highest BCUT2D eigenvalue weighted by Crippen LogP contribution is 2.35. The van der Waals surface area contributed by atoms with Gasteiger partial charge in [-0.3, -0.25) is 5.84 Å². The van der Waals surface area contributed by atoms with Gasteiger partial charge in [0.05, 0.1) is 5.60 Å². The second kappa shape index (κ2) is 4.61. The Bertz CT molecular complexity index is 192. The maximum atomic E-state index is 5.75. The maximum Gasteiger partial charge on any atom is 0.110 e. The molecule has 0 aromatic carbocycles. The SMILES string of the molecule is C#CC(NN)C1(OCC)CCCC1. The van der Waals surface area contributed by atoms with Crippen molar-refractivity contribution in [3.63, 3.8) is 0 Å². The van der Waals surface area contributed by atoms with Crippen molar-refractivity contribution in [1.29, 1.82) is 0 Å². The van der Waals surface area contributed by atoms with E-state index in [2.05, 4.69) is 11.3 Å². The molecule has 3 nitrogen and oxygen atoms in total. The number of nitrogens with one attached hydrogen (secondary N) is 1. The van der Waals surface area contributed by atoms with Crippen molar-refractivity contribution in [1.82, 2.24) is 5.43 Å². The molecule has 1 aliphatic carbocycles. The van der Waals surface area contributed by atoms with Crippen molar-refractivity contribution in [2.24, 2.45) is 5.84 Å². The lowest BCUT2D eigenvalue weighted by Gasteiger charge is -2.33. The second-order valence-electron chi connectivity index (χ2n) is 3.47. The molecule has 0 aliphatic heterocycles. The van der Waals surface area contributed by atoms with Crippen molar-refractivity contribution in [2.75, 3.05) is 6.61 Å². The molecule has 0 spiro atoms. The summed E-state index contributed by atoms with van der Waals surface area (Å²) in [4.78, 5) is 0. The molecule has 1 unspecified atom stereocenters. The molecule has 74 valence electrons. The van der Waals surface area contributed by atoms with Gasteiger partial charge in [-0.15, -0.1) is 6.42 Å². The number of hydrogen-bond acceptors (Lipinski definition) is 3. The number of hydrogen-bond donors (Lipinski definition) is 2. The molecule has 1 saturated carbocycles. The predicted molar refractivity (Wildman–Crippen MR) is 52.8 cm³/mol. The highest BCUT2D eigenvalue weighted by atomic mass is 16.5. The molecule has 3 N–H and O–H groups in total. The monoisotopic (exact) mass is 182 g/mol. The van der Waals surface area contributed by atoms with Crippen LogP contribution in [0.2, 0.25) is 0 Å². The third-order valence-corrected chi connectivity index (χ3v) is 2.74. The highest BCUT2D eigenvalue weighted by molar-refractivity contribution is 5.11. The first-order chi connectivity index (χ1) is 6.29. The topological polar surface area (TPSA) is 47.3 Å². The zero-order valence-electron chi connectivity index (χ0n) is 8.18. The second-order valence-corrected chi connectivity index (χ2v) is 3.47. The van der Waals surface area contributed by atoms with Crippen LogP contribution in [0.1, 0.15) is 32.6 Å². The van der Waals surface area contributed by atoms with E-state index in [0.29, 0.717) is 6.61 Å². The summed E-state index contributed by atoms with van der Waals surface area (Å²) in [6.45, 7) is 2.68. The third kappa shape index (κ3) is 2.02. The number of hydrazine groups is 1. The van der Waals surface area contributed by atoms with Gasteiger partial charge in [0.25, 0.3) is 0 Å². The summed E-state index contributed by atoms with van der Waals surface area (Å²) >= 11 is 0. The van der Waals surface area contributed by atoms with E-state index in [4.69, 9.17) is 17.0 Å². The van der Waals surface area contributed by atoms with E-state index < -0.39 is 0 Å². The molecule has 0 heterocycles. The van der Waals surface area contributed by atoms with Crippen molar-refractivity contribution >= 4 is 0 Å². The molecule has 0 amide bonds. The first-order valence-electron chi connectivity index (χ1n) is 4.85. The van der Waals surface area contributed by atoms with Crippen LogP contribution in [-0.4, -0.2) is 18.2 Å². The minimum absolute atomic E-state index is 0.157. The number of nitrogens with two attached hydrogens (primary N) is 1. The van der Waals surface area contributed by atoms with E-state index in [9.17, 15) is 0 Å². The molecular formula is C10H18N2O. The van der Waals surface area contributed by atoms with Crippen LogP contribution >= 0.6 is 0 Å². The lowest BCUT2D eigenvalue weighted by molar-refractivity contribution is -0.0481. The fraction of sp³-hybridized carbons (Fsp3) is 0.800. The van der Waals surface area contributed by atoms with Crippen LogP contribution in [0.4, 0.5) is 0 Å². The van der Waals surface area contributed by atoms with Crippen molar-refractivity contribution in [2.45, 2.75) is 44.2 Å². The van der Waals surface area contributed by atoms with E-state index in [1.807, 2.05) is 6.92 Å². The van der Waals surface area contributed by atoms with Gasteiger partial charge in [-0.1, -0.05) is 18.8 Å². The minimum atomic E-state index is -0.210. The average Bonchev–Trinajstić information content (AvgIpc) is 2.57. The molecule has 13 heavy (non-hydrogen) atoms. The largest absolute Gasteiger partial charge is 0.373 e. The molecule has 3 heteroatoms. The number of rotatable bonds is 4. The minimum Gasteiger partial charge on any atom is -0.373 e. The van der Waals surface area contributed by atoms with E-state index in [0.717, 1.165) is 12.8 Å². The summed E-state index contributed by atoms with van der Waals surface area (Å²) < 4.78 is 5.75. The predicted octanol–water partition coefficient (Wildman–Crippen LogP) is 0.801. The van der Waals surface area contributed by atoms with Crippen LogP contribution in [-0.2, 0) is 4.74 Å². The standard InChI is InChI=1S/C10H18N2O/c1-3-9(12-11)10(13-4-2)7-5-6-8-10/h1,9,12H,4-8,11H2,2H3. The quantitative estimate of drug-likeness (QED) is 0.384. The molecule has 0 aromatic heterocycles. The Hall–Kier alpha value is -0.560. The van der Waals surface area contributed by atoms with Crippen molar-refractivity contribution < 1.29 is 4.74 Å². The number of ether oxygens (including phenoxy) is 1. The van der Waals surface area contributed by atoms with E-state index in [1.165, 1.54) is 12.8 Å². The van der Waals surface area contributed by atoms with Crippen LogP contribution in [0.15, 0.2) is 0 Å². The zero-order valence-corrected chi connectivity index (χ0v) is 8.18. The van der Waals surface area contributed by atoms with Crippen LogP contribution in [0.5, 0.6) is 0 Å². The summed E-state index contributed by atoms with van der Waals surface area (Å²) in [5.74, 6) is 8.06. The first kappa shape index (κ1) is 10.5. The average molecular weight is 182 g/mol. The first-order valence-corrected chi connectivity index (χ1v) is 4.85. The molecule has 1 aliphatic rings. The number of terminal acetylenes is 1. The zero-order chi connectivity index (χ0) is 9.73. The van der Waals surface area contributed by atoms with Gasteiger partial charge in [0, 0.05) is 6.61 Å². The summed E-state index contributed by atoms with van der Waals surface area (Å²) in [7, 11) is 0. The maximum absolute atomic E-state index is 5.75. The summed E-state index contributed by atoms with van der Waals surface area (Å²) in [5, 5.41) is 0. The molecule has 1 rings (SSSR count). The Morgan fingerprint density at radius 1 is 1.62 bits per heavy atom.